The van der Waals surface area contributed by atoms with Gasteiger partial charge in [-0.1, -0.05) is 48.5 Å². The molecule has 132 valence electrons. The number of hydrogen-bond acceptors (Lipinski definition) is 4. The van der Waals surface area contributed by atoms with E-state index in [2.05, 4.69) is 6.07 Å². The first-order valence-electron chi connectivity index (χ1n) is 8.46. The van der Waals surface area contributed by atoms with Crippen LogP contribution in [0.25, 0.3) is 11.8 Å². The highest BCUT2D eigenvalue weighted by Crippen LogP contribution is 2.31. The van der Waals surface area contributed by atoms with Crippen LogP contribution in [-0.2, 0) is 11.2 Å². The van der Waals surface area contributed by atoms with Crippen molar-refractivity contribution in [2.75, 3.05) is 0 Å². The Hall–Kier alpha value is -3.73. The van der Waals surface area contributed by atoms with Crippen LogP contribution in [0.3, 0.4) is 0 Å². The van der Waals surface area contributed by atoms with E-state index in [0.717, 1.165) is 28.7 Å². The molecule has 0 heterocycles. The maximum atomic E-state index is 12.6. The third-order valence-corrected chi connectivity index (χ3v) is 4.52. The van der Waals surface area contributed by atoms with Gasteiger partial charge in [-0.3, -0.25) is 10.1 Å². The molecule has 0 spiro atoms. The lowest BCUT2D eigenvalue weighted by Gasteiger charge is -2.11. The monoisotopic (exact) mass is 357 g/mol. The van der Waals surface area contributed by atoms with Crippen molar-refractivity contribution >= 4 is 23.5 Å². The summed E-state index contributed by atoms with van der Waals surface area (Å²) in [6.45, 7) is 0. The molecule has 0 fully saturated rings. The predicted octanol–water partition coefficient (Wildman–Crippen LogP) is 4.85. The highest BCUT2D eigenvalue weighted by Gasteiger charge is 2.19. The molecular formula is C22H15NO4. The van der Waals surface area contributed by atoms with Gasteiger partial charge in [-0.15, -0.1) is 0 Å². The molecule has 1 aliphatic rings. The fourth-order valence-corrected chi connectivity index (χ4v) is 3.14. The van der Waals surface area contributed by atoms with E-state index in [1.807, 2.05) is 48.5 Å². The molecule has 0 aliphatic heterocycles. The topological polar surface area (TPSA) is 69.4 Å². The molecule has 0 radical (unpaired) electrons. The van der Waals surface area contributed by atoms with Gasteiger partial charge in [0.2, 0.25) is 0 Å². The Morgan fingerprint density at radius 1 is 0.889 bits per heavy atom. The van der Waals surface area contributed by atoms with Gasteiger partial charge in [0.25, 0.3) is 5.69 Å². The Bertz CT molecular complexity index is 1070. The van der Waals surface area contributed by atoms with E-state index in [-0.39, 0.29) is 11.3 Å². The number of benzene rings is 3. The number of non-ortho nitro benzene ring substituents is 1. The van der Waals surface area contributed by atoms with Crippen LogP contribution in [-0.4, -0.2) is 10.9 Å². The third kappa shape index (κ3) is 3.35. The number of fused-ring (bicyclic) bond motifs is 2. The SMILES string of the molecule is O=C(OC1=Cc2ccccc2Cc2ccccc21)c1ccc([N+](=O)[O-])cc1. The van der Waals surface area contributed by atoms with Gasteiger partial charge in [0, 0.05) is 17.7 Å². The average Bonchev–Trinajstić information content (AvgIpc) is 2.84. The van der Waals surface area contributed by atoms with E-state index in [1.54, 1.807) is 0 Å². The standard InChI is InChI=1S/C22H15NO4/c24-22(15-9-11-19(12-10-15)23(25)26)27-21-14-17-6-2-1-5-16(17)13-18-7-3-4-8-20(18)21/h1-12,14H,13H2. The van der Waals surface area contributed by atoms with Gasteiger partial charge in [0.1, 0.15) is 5.76 Å². The zero-order valence-electron chi connectivity index (χ0n) is 14.3. The molecule has 0 saturated heterocycles. The summed E-state index contributed by atoms with van der Waals surface area (Å²) in [6, 6.07) is 21.2. The first kappa shape index (κ1) is 16.7. The highest BCUT2D eigenvalue weighted by molar-refractivity contribution is 5.96. The van der Waals surface area contributed by atoms with Crippen molar-refractivity contribution in [3.05, 3.63) is 111 Å². The summed E-state index contributed by atoms with van der Waals surface area (Å²) >= 11 is 0. The van der Waals surface area contributed by atoms with E-state index in [9.17, 15) is 14.9 Å². The summed E-state index contributed by atoms with van der Waals surface area (Å²) in [5, 5.41) is 10.8. The number of carbonyl (C=O) groups excluding carboxylic acids is 1. The molecule has 0 unspecified atom stereocenters. The third-order valence-electron chi connectivity index (χ3n) is 4.52. The Balaban J connectivity index is 1.70. The molecular weight excluding hydrogens is 342 g/mol. The van der Waals surface area contributed by atoms with Gasteiger partial charge in [-0.05, 0) is 41.3 Å². The van der Waals surface area contributed by atoms with E-state index in [0.29, 0.717) is 5.76 Å². The minimum atomic E-state index is -0.551. The van der Waals surface area contributed by atoms with Crippen LogP contribution in [0.2, 0.25) is 0 Å². The van der Waals surface area contributed by atoms with Gasteiger partial charge in [0.05, 0.1) is 10.5 Å². The van der Waals surface area contributed by atoms with Crippen LogP contribution < -0.4 is 0 Å². The number of nitrogens with zero attached hydrogens (tertiary/aromatic N) is 1. The Morgan fingerprint density at radius 3 is 2.30 bits per heavy atom. The molecule has 0 aromatic heterocycles. The summed E-state index contributed by atoms with van der Waals surface area (Å²) in [4.78, 5) is 22.9. The van der Waals surface area contributed by atoms with Crippen molar-refractivity contribution in [3.8, 4) is 0 Å². The summed E-state index contributed by atoms with van der Waals surface area (Å²) in [5.74, 6) is -0.0794. The van der Waals surface area contributed by atoms with Gasteiger partial charge in [-0.2, -0.15) is 0 Å². The van der Waals surface area contributed by atoms with Gasteiger partial charge < -0.3 is 4.74 Å². The molecule has 5 nitrogen and oxygen atoms in total. The molecule has 0 amide bonds. The van der Waals surface area contributed by atoms with E-state index in [4.69, 9.17) is 4.74 Å². The Labute approximate surface area is 155 Å². The van der Waals surface area contributed by atoms with Crippen LogP contribution in [0.5, 0.6) is 0 Å². The summed E-state index contributed by atoms with van der Waals surface area (Å²) in [5.41, 5.74) is 4.29. The smallest absolute Gasteiger partial charge is 0.343 e. The number of hydrogen-bond donors (Lipinski definition) is 0. The number of rotatable bonds is 3. The van der Waals surface area contributed by atoms with Gasteiger partial charge >= 0.3 is 5.97 Å². The van der Waals surface area contributed by atoms with E-state index < -0.39 is 10.9 Å². The molecule has 4 rings (SSSR count). The van der Waals surface area contributed by atoms with Crippen molar-refractivity contribution in [3.63, 3.8) is 0 Å². The molecule has 1 aliphatic carbocycles. The molecule has 0 N–H and O–H groups in total. The normalized spacial score (nSPS) is 12.2. The minimum Gasteiger partial charge on any atom is -0.422 e. The number of carbonyl (C=O) groups is 1. The average molecular weight is 357 g/mol. The summed E-state index contributed by atoms with van der Waals surface area (Å²) < 4.78 is 5.69. The van der Waals surface area contributed by atoms with Crippen LogP contribution in [0.1, 0.15) is 32.6 Å². The van der Waals surface area contributed by atoms with Crippen molar-refractivity contribution in [2.45, 2.75) is 6.42 Å². The fraction of sp³-hybridized carbons (Fsp3) is 0.0455. The maximum absolute atomic E-state index is 12.6. The maximum Gasteiger partial charge on any atom is 0.343 e. The lowest BCUT2D eigenvalue weighted by Crippen LogP contribution is -2.05. The quantitative estimate of drug-likeness (QED) is 0.381. The van der Waals surface area contributed by atoms with Crippen LogP contribution >= 0.6 is 0 Å². The van der Waals surface area contributed by atoms with E-state index >= 15 is 0 Å². The van der Waals surface area contributed by atoms with Crippen LogP contribution in [0.4, 0.5) is 5.69 Å². The molecule has 3 aromatic rings. The van der Waals surface area contributed by atoms with E-state index in [1.165, 1.54) is 24.3 Å². The summed E-state index contributed by atoms with van der Waals surface area (Å²) in [6.07, 6.45) is 2.62. The predicted molar refractivity (Wildman–Crippen MR) is 102 cm³/mol. The highest BCUT2D eigenvalue weighted by atomic mass is 16.6. The molecule has 0 bridgehead atoms. The second-order valence-electron chi connectivity index (χ2n) is 6.23. The number of ether oxygens (including phenoxy) is 1. The van der Waals surface area contributed by atoms with Crippen molar-refractivity contribution in [2.24, 2.45) is 0 Å². The molecule has 0 saturated carbocycles. The molecule has 27 heavy (non-hydrogen) atoms. The Morgan fingerprint density at radius 2 is 1.56 bits per heavy atom. The van der Waals surface area contributed by atoms with Crippen molar-refractivity contribution in [1.29, 1.82) is 0 Å². The lowest BCUT2D eigenvalue weighted by molar-refractivity contribution is -0.384. The summed E-state index contributed by atoms with van der Waals surface area (Å²) in [7, 11) is 0. The second-order valence-corrected chi connectivity index (χ2v) is 6.23. The van der Waals surface area contributed by atoms with Crippen LogP contribution in [0.15, 0.2) is 72.8 Å². The van der Waals surface area contributed by atoms with Crippen molar-refractivity contribution < 1.29 is 14.5 Å². The zero-order chi connectivity index (χ0) is 18.8. The zero-order valence-corrected chi connectivity index (χ0v) is 14.3. The fourth-order valence-electron chi connectivity index (χ4n) is 3.14. The number of nitro groups is 1. The first-order valence-corrected chi connectivity index (χ1v) is 8.46. The van der Waals surface area contributed by atoms with Crippen molar-refractivity contribution in [1.82, 2.24) is 0 Å². The first-order chi connectivity index (χ1) is 13.1. The largest absolute Gasteiger partial charge is 0.422 e. The lowest BCUT2D eigenvalue weighted by atomic mass is 10.00. The second kappa shape index (κ2) is 6.88. The van der Waals surface area contributed by atoms with Gasteiger partial charge in [-0.25, -0.2) is 4.79 Å². The molecule has 3 aromatic carbocycles. The van der Waals surface area contributed by atoms with Crippen LogP contribution in [0, 0.1) is 10.1 Å². The Kier molecular flexibility index (Phi) is 4.26. The number of esters is 1. The molecule has 5 heteroatoms. The van der Waals surface area contributed by atoms with Gasteiger partial charge in [0.15, 0.2) is 0 Å². The minimum absolute atomic E-state index is 0.0699. The molecule has 0 atom stereocenters. The number of nitro benzene ring substituents is 1.